The minimum atomic E-state index is -0.113. The van der Waals surface area contributed by atoms with Gasteiger partial charge in [-0.1, -0.05) is 43.2 Å². The van der Waals surface area contributed by atoms with Crippen LogP contribution in [0.3, 0.4) is 0 Å². The molecule has 156 valence electrons. The Labute approximate surface area is 173 Å². The highest BCUT2D eigenvalue weighted by atomic mass is 16.5. The summed E-state index contributed by atoms with van der Waals surface area (Å²) in [5.74, 6) is 1.36. The molecule has 0 heterocycles. The molecule has 0 saturated heterocycles. The van der Waals surface area contributed by atoms with E-state index in [0.717, 1.165) is 31.4 Å². The molecule has 3 rings (SSSR count). The van der Waals surface area contributed by atoms with Gasteiger partial charge in [0.25, 0.3) is 5.91 Å². The van der Waals surface area contributed by atoms with Gasteiger partial charge in [0.05, 0.1) is 19.3 Å². The lowest BCUT2D eigenvalue weighted by Gasteiger charge is -2.31. The third-order valence-electron chi connectivity index (χ3n) is 5.65. The Morgan fingerprint density at radius 1 is 1.00 bits per heavy atom. The molecule has 1 amide bonds. The maximum Gasteiger partial charge on any atom is 0.255 e. The maximum absolute atomic E-state index is 13.0. The van der Waals surface area contributed by atoms with Gasteiger partial charge in [-0.15, -0.1) is 0 Å². The number of para-hydroxylation sites is 2. The van der Waals surface area contributed by atoms with Crippen LogP contribution in [-0.4, -0.2) is 39.4 Å². The molecule has 0 spiro atoms. The molecule has 0 aromatic heterocycles. The van der Waals surface area contributed by atoms with E-state index in [1.807, 2.05) is 43.3 Å². The molecule has 2 aromatic carbocycles. The van der Waals surface area contributed by atoms with Crippen LogP contribution in [-0.2, 0) is 10.2 Å². The summed E-state index contributed by atoms with van der Waals surface area (Å²) >= 11 is 0. The van der Waals surface area contributed by atoms with Gasteiger partial charge in [0, 0.05) is 24.1 Å². The van der Waals surface area contributed by atoms with E-state index < -0.39 is 0 Å². The van der Waals surface area contributed by atoms with Gasteiger partial charge < -0.3 is 19.5 Å². The molecule has 1 N–H and O–H groups in total. The molecule has 0 bridgehead atoms. The summed E-state index contributed by atoms with van der Waals surface area (Å²) in [5, 5.41) is 3.17. The number of carbonyl (C=O) groups is 1. The maximum atomic E-state index is 13.0. The average Bonchev–Trinajstić information content (AvgIpc) is 3.25. The molecule has 0 atom stereocenters. The van der Waals surface area contributed by atoms with E-state index in [0.29, 0.717) is 37.7 Å². The number of rotatable bonds is 10. The van der Waals surface area contributed by atoms with Gasteiger partial charge in [0.1, 0.15) is 18.1 Å². The Morgan fingerprint density at radius 3 is 2.41 bits per heavy atom. The van der Waals surface area contributed by atoms with Gasteiger partial charge in [-0.3, -0.25) is 4.79 Å². The first-order valence-corrected chi connectivity index (χ1v) is 10.4. The first kappa shape index (κ1) is 21.2. The number of hydrogen-bond acceptors (Lipinski definition) is 4. The van der Waals surface area contributed by atoms with Crippen LogP contribution in [0.15, 0.2) is 48.5 Å². The smallest absolute Gasteiger partial charge is 0.255 e. The molecular formula is C24H31NO4. The Morgan fingerprint density at radius 2 is 1.69 bits per heavy atom. The number of hydrogen-bond donors (Lipinski definition) is 1. The quantitative estimate of drug-likeness (QED) is 0.606. The highest BCUT2D eigenvalue weighted by Gasteiger charge is 2.38. The molecule has 1 aliphatic rings. The summed E-state index contributed by atoms with van der Waals surface area (Å²) in [7, 11) is 1.70. The van der Waals surface area contributed by atoms with Crippen LogP contribution in [0.1, 0.15) is 48.5 Å². The van der Waals surface area contributed by atoms with E-state index in [1.165, 1.54) is 5.56 Å². The van der Waals surface area contributed by atoms with Crippen molar-refractivity contribution < 1.29 is 19.0 Å². The van der Waals surface area contributed by atoms with Crippen LogP contribution < -0.4 is 14.8 Å². The molecule has 1 aliphatic carbocycles. The molecule has 0 unspecified atom stereocenters. The van der Waals surface area contributed by atoms with E-state index >= 15 is 0 Å². The standard InChI is InChI=1S/C24H31NO4/c1-3-28-16-17-29-21-12-6-4-10-19(21)23(26)25-18-24(14-8-9-15-24)20-11-5-7-13-22(20)27-2/h4-7,10-13H,3,8-9,14-18H2,1-2H3,(H,25,26). The van der Waals surface area contributed by atoms with Crippen LogP contribution in [0.2, 0.25) is 0 Å². The van der Waals surface area contributed by atoms with Gasteiger partial charge in [-0.2, -0.15) is 0 Å². The SMILES string of the molecule is CCOCCOc1ccccc1C(=O)NCC1(c2ccccc2OC)CCCC1. The van der Waals surface area contributed by atoms with Gasteiger partial charge >= 0.3 is 0 Å². The first-order valence-electron chi connectivity index (χ1n) is 10.4. The van der Waals surface area contributed by atoms with E-state index in [4.69, 9.17) is 14.2 Å². The van der Waals surface area contributed by atoms with E-state index in [-0.39, 0.29) is 11.3 Å². The second-order valence-electron chi connectivity index (χ2n) is 7.41. The van der Waals surface area contributed by atoms with Gasteiger partial charge in [-0.05, 0) is 38.0 Å². The highest BCUT2D eigenvalue weighted by molar-refractivity contribution is 5.97. The Kier molecular flexibility index (Phi) is 7.53. The number of ether oxygens (including phenoxy) is 3. The molecule has 0 aliphatic heterocycles. The molecule has 5 nitrogen and oxygen atoms in total. The molecule has 29 heavy (non-hydrogen) atoms. The normalized spacial score (nSPS) is 15.1. The minimum absolute atomic E-state index is 0.0902. The molecule has 0 radical (unpaired) electrons. The number of carbonyl (C=O) groups excluding carboxylic acids is 1. The molecule has 5 heteroatoms. The van der Waals surface area contributed by atoms with Crippen molar-refractivity contribution in [1.29, 1.82) is 0 Å². The minimum Gasteiger partial charge on any atom is -0.496 e. The average molecular weight is 398 g/mol. The summed E-state index contributed by atoms with van der Waals surface area (Å²) in [4.78, 5) is 13.0. The van der Waals surface area contributed by atoms with Gasteiger partial charge in [0.15, 0.2) is 0 Å². The van der Waals surface area contributed by atoms with Crippen molar-refractivity contribution >= 4 is 5.91 Å². The zero-order chi connectivity index (χ0) is 20.5. The van der Waals surface area contributed by atoms with E-state index in [1.54, 1.807) is 13.2 Å². The summed E-state index contributed by atoms with van der Waals surface area (Å²) in [6.07, 6.45) is 4.40. The van der Waals surface area contributed by atoms with Crippen molar-refractivity contribution in [2.75, 3.05) is 33.5 Å². The fourth-order valence-corrected chi connectivity index (χ4v) is 4.16. The van der Waals surface area contributed by atoms with Gasteiger partial charge in [-0.25, -0.2) is 0 Å². The molecule has 1 fully saturated rings. The van der Waals surface area contributed by atoms with Crippen LogP contribution in [0.25, 0.3) is 0 Å². The summed E-state index contributed by atoms with van der Waals surface area (Å²) in [5.41, 5.74) is 1.64. The number of amides is 1. The molecular weight excluding hydrogens is 366 g/mol. The number of nitrogens with one attached hydrogen (secondary N) is 1. The molecule has 2 aromatic rings. The van der Waals surface area contributed by atoms with Crippen molar-refractivity contribution in [2.45, 2.75) is 38.0 Å². The van der Waals surface area contributed by atoms with Crippen LogP contribution in [0.4, 0.5) is 0 Å². The fraction of sp³-hybridized carbons (Fsp3) is 0.458. The van der Waals surface area contributed by atoms with Crippen molar-refractivity contribution in [1.82, 2.24) is 5.32 Å². The highest BCUT2D eigenvalue weighted by Crippen LogP contribution is 2.44. The zero-order valence-electron chi connectivity index (χ0n) is 17.4. The lowest BCUT2D eigenvalue weighted by atomic mass is 9.78. The topological polar surface area (TPSA) is 56.8 Å². The fourth-order valence-electron chi connectivity index (χ4n) is 4.16. The zero-order valence-corrected chi connectivity index (χ0v) is 17.4. The Balaban J connectivity index is 1.72. The third kappa shape index (κ3) is 5.10. The van der Waals surface area contributed by atoms with Crippen molar-refractivity contribution in [3.8, 4) is 11.5 Å². The van der Waals surface area contributed by atoms with Crippen LogP contribution in [0.5, 0.6) is 11.5 Å². The monoisotopic (exact) mass is 397 g/mol. The molecule has 1 saturated carbocycles. The number of benzene rings is 2. The predicted octanol–water partition coefficient (Wildman–Crippen LogP) is 4.35. The first-order chi connectivity index (χ1) is 14.2. The summed E-state index contributed by atoms with van der Waals surface area (Å²) < 4.78 is 16.7. The van der Waals surface area contributed by atoms with Crippen LogP contribution >= 0.6 is 0 Å². The van der Waals surface area contributed by atoms with Gasteiger partial charge in [0.2, 0.25) is 0 Å². The largest absolute Gasteiger partial charge is 0.496 e. The third-order valence-corrected chi connectivity index (χ3v) is 5.65. The predicted molar refractivity (Wildman–Crippen MR) is 114 cm³/mol. The van der Waals surface area contributed by atoms with Crippen molar-refractivity contribution in [3.05, 3.63) is 59.7 Å². The van der Waals surface area contributed by atoms with Crippen molar-refractivity contribution in [3.63, 3.8) is 0 Å². The Bertz CT molecular complexity index is 799. The Hall–Kier alpha value is -2.53. The second kappa shape index (κ2) is 10.3. The lowest BCUT2D eigenvalue weighted by molar-refractivity contribution is 0.0926. The van der Waals surface area contributed by atoms with E-state index in [9.17, 15) is 4.79 Å². The lowest BCUT2D eigenvalue weighted by Crippen LogP contribution is -2.39. The number of methoxy groups -OCH3 is 1. The summed E-state index contributed by atoms with van der Waals surface area (Å²) in [6.45, 7) is 4.10. The van der Waals surface area contributed by atoms with E-state index in [2.05, 4.69) is 11.4 Å². The van der Waals surface area contributed by atoms with Crippen molar-refractivity contribution in [2.24, 2.45) is 0 Å². The van der Waals surface area contributed by atoms with Crippen LogP contribution in [0, 0.1) is 0 Å². The second-order valence-corrected chi connectivity index (χ2v) is 7.41. The summed E-state index contributed by atoms with van der Waals surface area (Å²) in [6, 6.07) is 15.5.